The molecule has 0 unspecified atom stereocenters. The Kier molecular flexibility index (Phi) is 6.73. The number of hydrogen-bond donors (Lipinski definition) is 1. The minimum Gasteiger partial charge on any atom is -0.465 e. The summed E-state index contributed by atoms with van der Waals surface area (Å²) in [5, 5.41) is 2.56. The molecule has 0 spiro atoms. The molecule has 7 nitrogen and oxygen atoms in total. The van der Waals surface area contributed by atoms with Gasteiger partial charge in [-0.25, -0.2) is 9.59 Å². The first kappa shape index (κ1) is 19.0. The molecule has 0 aliphatic carbocycles. The molecule has 0 atom stereocenters. The SMILES string of the molecule is CC(C)OC(=O)c1ccc(NC(=O)COC(=O)/C=C/c2ccco2)cc1. The zero-order valence-corrected chi connectivity index (χ0v) is 14.4. The lowest BCUT2D eigenvalue weighted by Crippen LogP contribution is -2.20. The van der Waals surface area contributed by atoms with E-state index in [0.29, 0.717) is 17.0 Å². The summed E-state index contributed by atoms with van der Waals surface area (Å²) < 4.78 is 14.9. The second-order valence-electron chi connectivity index (χ2n) is 5.54. The van der Waals surface area contributed by atoms with Gasteiger partial charge in [0.25, 0.3) is 5.91 Å². The van der Waals surface area contributed by atoms with Crippen molar-refractivity contribution in [2.75, 3.05) is 11.9 Å². The van der Waals surface area contributed by atoms with Gasteiger partial charge in [-0.1, -0.05) is 0 Å². The number of nitrogens with one attached hydrogen (secondary N) is 1. The summed E-state index contributed by atoms with van der Waals surface area (Å²) in [5.74, 6) is -1.09. The molecular weight excluding hydrogens is 338 g/mol. The fourth-order valence-electron chi connectivity index (χ4n) is 1.89. The highest BCUT2D eigenvalue weighted by Crippen LogP contribution is 2.11. The fraction of sp³-hybridized carbons (Fsp3) is 0.211. The van der Waals surface area contributed by atoms with Gasteiger partial charge in [0.05, 0.1) is 17.9 Å². The maximum Gasteiger partial charge on any atom is 0.338 e. The molecular formula is C19H19NO6. The van der Waals surface area contributed by atoms with E-state index in [1.807, 2.05) is 0 Å². The van der Waals surface area contributed by atoms with Crippen LogP contribution in [0.15, 0.2) is 53.2 Å². The zero-order valence-electron chi connectivity index (χ0n) is 14.4. The molecule has 7 heteroatoms. The number of ether oxygens (including phenoxy) is 2. The van der Waals surface area contributed by atoms with E-state index in [-0.39, 0.29) is 6.10 Å². The van der Waals surface area contributed by atoms with Crippen LogP contribution in [0.4, 0.5) is 5.69 Å². The molecule has 26 heavy (non-hydrogen) atoms. The van der Waals surface area contributed by atoms with Gasteiger partial charge in [0.2, 0.25) is 0 Å². The van der Waals surface area contributed by atoms with E-state index in [1.165, 1.54) is 18.4 Å². The molecule has 0 saturated heterocycles. The summed E-state index contributed by atoms with van der Waals surface area (Å²) in [6.07, 6.45) is 3.88. The van der Waals surface area contributed by atoms with Crippen molar-refractivity contribution >= 4 is 29.6 Å². The minimum absolute atomic E-state index is 0.210. The largest absolute Gasteiger partial charge is 0.465 e. The molecule has 1 aromatic heterocycles. The highest BCUT2D eigenvalue weighted by molar-refractivity contribution is 5.95. The second-order valence-corrected chi connectivity index (χ2v) is 5.54. The molecule has 0 saturated carbocycles. The van der Waals surface area contributed by atoms with Crippen molar-refractivity contribution in [2.45, 2.75) is 20.0 Å². The van der Waals surface area contributed by atoms with Crippen LogP contribution in [0.2, 0.25) is 0 Å². The second kappa shape index (κ2) is 9.22. The first-order valence-electron chi connectivity index (χ1n) is 7.93. The number of anilines is 1. The molecule has 1 heterocycles. The van der Waals surface area contributed by atoms with E-state index in [1.54, 1.807) is 50.2 Å². The Morgan fingerprint density at radius 2 is 1.88 bits per heavy atom. The summed E-state index contributed by atoms with van der Waals surface area (Å²) in [4.78, 5) is 35.0. The smallest absolute Gasteiger partial charge is 0.338 e. The van der Waals surface area contributed by atoms with Crippen molar-refractivity contribution in [3.05, 3.63) is 60.1 Å². The molecule has 0 fully saturated rings. The van der Waals surface area contributed by atoms with Crippen LogP contribution in [0, 0.1) is 0 Å². The third-order valence-electron chi connectivity index (χ3n) is 3.02. The lowest BCUT2D eigenvalue weighted by molar-refractivity contribution is -0.142. The number of hydrogen-bond acceptors (Lipinski definition) is 6. The maximum absolute atomic E-state index is 11.8. The van der Waals surface area contributed by atoms with Crippen molar-refractivity contribution in [2.24, 2.45) is 0 Å². The van der Waals surface area contributed by atoms with Crippen LogP contribution in [0.25, 0.3) is 6.08 Å². The van der Waals surface area contributed by atoms with Crippen LogP contribution >= 0.6 is 0 Å². The Hall–Kier alpha value is -3.35. The quantitative estimate of drug-likeness (QED) is 0.604. The van der Waals surface area contributed by atoms with Gasteiger partial charge >= 0.3 is 11.9 Å². The summed E-state index contributed by atoms with van der Waals surface area (Å²) in [7, 11) is 0. The average molecular weight is 357 g/mol. The van der Waals surface area contributed by atoms with E-state index in [4.69, 9.17) is 13.9 Å². The number of carbonyl (C=O) groups is 3. The van der Waals surface area contributed by atoms with Gasteiger partial charge in [0.15, 0.2) is 6.61 Å². The normalized spacial score (nSPS) is 10.7. The Balaban J connectivity index is 1.78. The molecule has 136 valence electrons. The lowest BCUT2D eigenvalue weighted by atomic mass is 10.2. The predicted octanol–water partition coefficient (Wildman–Crippen LogP) is 3.04. The van der Waals surface area contributed by atoms with Crippen LogP contribution in [0.3, 0.4) is 0 Å². The third kappa shape index (κ3) is 6.27. The van der Waals surface area contributed by atoms with Crippen molar-refractivity contribution in [1.29, 1.82) is 0 Å². The Morgan fingerprint density at radius 3 is 2.50 bits per heavy atom. The van der Waals surface area contributed by atoms with Crippen molar-refractivity contribution < 1.29 is 28.3 Å². The molecule has 1 amide bonds. The Bertz CT molecular complexity index is 775. The average Bonchev–Trinajstić information content (AvgIpc) is 3.11. The zero-order chi connectivity index (χ0) is 18.9. The van der Waals surface area contributed by atoms with E-state index >= 15 is 0 Å². The van der Waals surface area contributed by atoms with E-state index in [9.17, 15) is 14.4 Å². The molecule has 0 aliphatic rings. The Labute approximate surface area is 150 Å². The molecule has 1 N–H and O–H groups in total. The van der Waals surface area contributed by atoms with Gasteiger partial charge in [-0.15, -0.1) is 0 Å². The Morgan fingerprint density at radius 1 is 1.15 bits per heavy atom. The third-order valence-corrected chi connectivity index (χ3v) is 3.02. The molecule has 2 aromatic rings. The van der Waals surface area contributed by atoms with Crippen LogP contribution in [-0.4, -0.2) is 30.6 Å². The lowest BCUT2D eigenvalue weighted by Gasteiger charge is -2.09. The topological polar surface area (TPSA) is 94.8 Å². The van der Waals surface area contributed by atoms with E-state index in [2.05, 4.69) is 5.32 Å². The van der Waals surface area contributed by atoms with Gasteiger partial charge in [-0.2, -0.15) is 0 Å². The number of benzene rings is 1. The first-order valence-corrected chi connectivity index (χ1v) is 7.93. The van der Waals surface area contributed by atoms with Gasteiger partial charge in [0, 0.05) is 11.8 Å². The highest BCUT2D eigenvalue weighted by Gasteiger charge is 2.10. The van der Waals surface area contributed by atoms with Gasteiger partial charge < -0.3 is 19.2 Å². The molecule has 1 aromatic carbocycles. The molecule has 0 radical (unpaired) electrons. The summed E-state index contributed by atoms with van der Waals surface area (Å²) in [6, 6.07) is 9.57. The molecule has 0 aliphatic heterocycles. The van der Waals surface area contributed by atoms with Gasteiger partial charge in [-0.05, 0) is 56.3 Å². The highest BCUT2D eigenvalue weighted by atomic mass is 16.5. The molecule has 2 rings (SSSR count). The summed E-state index contributed by atoms with van der Waals surface area (Å²) in [5.41, 5.74) is 0.851. The predicted molar refractivity (Wildman–Crippen MR) is 94.3 cm³/mol. The van der Waals surface area contributed by atoms with Crippen molar-refractivity contribution in [3.63, 3.8) is 0 Å². The summed E-state index contributed by atoms with van der Waals surface area (Å²) in [6.45, 7) is 3.09. The van der Waals surface area contributed by atoms with E-state index < -0.39 is 24.5 Å². The number of carbonyl (C=O) groups excluding carboxylic acids is 3. The fourth-order valence-corrected chi connectivity index (χ4v) is 1.89. The first-order chi connectivity index (χ1) is 12.4. The van der Waals surface area contributed by atoms with Gasteiger partial charge in [0.1, 0.15) is 5.76 Å². The monoisotopic (exact) mass is 357 g/mol. The number of esters is 2. The molecule has 0 bridgehead atoms. The van der Waals surface area contributed by atoms with Crippen LogP contribution in [0.1, 0.15) is 30.0 Å². The standard InChI is InChI=1S/C19H19NO6/c1-13(2)26-19(23)14-5-7-15(8-6-14)20-17(21)12-25-18(22)10-9-16-4-3-11-24-16/h3-11,13H,12H2,1-2H3,(H,20,21)/b10-9+. The maximum atomic E-state index is 11.8. The van der Waals surface area contributed by atoms with Crippen LogP contribution in [0.5, 0.6) is 0 Å². The van der Waals surface area contributed by atoms with Gasteiger partial charge in [-0.3, -0.25) is 4.79 Å². The van der Waals surface area contributed by atoms with E-state index in [0.717, 1.165) is 0 Å². The van der Waals surface area contributed by atoms with Crippen molar-refractivity contribution in [1.82, 2.24) is 0 Å². The number of furan rings is 1. The van der Waals surface area contributed by atoms with Crippen LogP contribution in [-0.2, 0) is 19.1 Å². The summed E-state index contributed by atoms with van der Waals surface area (Å²) >= 11 is 0. The number of rotatable bonds is 7. The van der Waals surface area contributed by atoms with Crippen molar-refractivity contribution in [3.8, 4) is 0 Å². The minimum atomic E-state index is -0.664. The number of amides is 1. The van der Waals surface area contributed by atoms with Crippen LogP contribution < -0.4 is 5.32 Å².